The van der Waals surface area contributed by atoms with Crippen LogP contribution in [0.1, 0.15) is 48.4 Å². The van der Waals surface area contributed by atoms with Gasteiger partial charge in [-0.2, -0.15) is 0 Å². The fourth-order valence-electron chi connectivity index (χ4n) is 3.95. The van der Waals surface area contributed by atoms with Crippen LogP contribution in [0.5, 0.6) is 5.75 Å². The molecule has 2 heterocycles. The van der Waals surface area contributed by atoms with Crippen LogP contribution in [0.25, 0.3) is 11.0 Å². The molecule has 9 heteroatoms. The van der Waals surface area contributed by atoms with Crippen LogP contribution < -0.4 is 4.74 Å². The van der Waals surface area contributed by atoms with Crippen molar-refractivity contribution in [1.82, 2.24) is 13.9 Å². The molecule has 0 unspecified atom stereocenters. The first-order valence-electron chi connectivity index (χ1n) is 10.5. The van der Waals surface area contributed by atoms with E-state index in [1.165, 1.54) is 14.1 Å². The predicted molar refractivity (Wildman–Crippen MR) is 120 cm³/mol. The first kappa shape index (κ1) is 22.3. The minimum absolute atomic E-state index is 0.00382. The zero-order chi connectivity index (χ0) is 23.2. The third-order valence-corrected chi connectivity index (χ3v) is 7.80. The first-order valence-corrected chi connectivity index (χ1v) is 12.0. The van der Waals surface area contributed by atoms with Gasteiger partial charge in [0, 0.05) is 32.1 Å². The maximum atomic E-state index is 12.8. The fraction of sp³-hybridized carbons (Fsp3) is 0.391. The van der Waals surface area contributed by atoms with E-state index >= 15 is 0 Å². The minimum atomic E-state index is -3.57. The van der Waals surface area contributed by atoms with Crippen molar-refractivity contribution in [3.05, 3.63) is 53.3 Å². The highest BCUT2D eigenvalue weighted by molar-refractivity contribution is 7.89. The molecule has 0 fully saturated rings. The normalized spacial score (nSPS) is 18.1. The van der Waals surface area contributed by atoms with Crippen LogP contribution >= 0.6 is 0 Å². The number of aromatic nitrogens is 2. The van der Waals surface area contributed by atoms with E-state index in [-0.39, 0.29) is 23.5 Å². The second kappa shape index (κ2) is 8.22. The van der Waals surface area contributed by atoms with Crippen molar-refractivity contribution in [3.8, 4) is 5.75 Å². The standard InChI is InChI=1S/C23H27N3O5S/c1-6-26-20-11-10-16(32(28,29)25(4)5)12-19(20)24-21(26)13-30-23(27)18-9-7-8-17-14(2)15(3)31-22(17)18/h7-12,14-15H,6,13H2,1-5H3/t14-,15+/m1/s1. The average Bonchev–Trinajstić information content (AvgIpc) is 3.27. The number of fused-ring (bicyclic) bond motifs is 2. The van der Waals surface area contributed by atoms with Gasteiger partial charge in [0.1, 0.15) is 29.8 Å². The Labute approximate surface area is 187 Å². The maximum absolute atomic E-state index is 12.8. The van der Waals surface area contributed by atoms with Gasteiger partial charge in [0.15, 0.2) is 0 Å². The Morgan fingerprint density at radius 2 is 1.97 bits per heavy atom. The Kier molecular flexibility index (Phi) is 5.72. The van der Waals surface area contributed by atoms with E-state index in [9.17, 15) is 13.2 Å². The second-order valence-corrected chi connectivity index (χ2v) is 10.3. The van der Waals surface area contributed by atoms with E-state index in [1.54, 1.807) is 24.3 Å². The topological polar surface area (TPSA) is 90.7 Å². The molecule has 8 nitrogen and oxygen atoms in total. The van der Waals surface area contributed by atoms with Gasteiger partial charge in [0.05, 0.1) is 15.9 Å². The lowest BCUT2D eigenvalue weighted by atomic mass is 9.97. The first-order chi connectivity index (χ1) is 15.1. The van der Waals surface area contributed by atoms with Gasteiger partial charge in [-0.25, -0.2) is 22.5 Å². The number of rotatable bonds is 6. The SMILES string of the molecule is CCn1c(COC(=O)c2cccc3c2O[C@@H](C)[C@H]3C)nc2cc(S(=O)(=O)N(C)C)ccc21. The zero-order valence-corrected chi connectivity index (χ0v) is 19.6. The highest BCUT2D eigenvalue weighted by Crippen LogP contribution is 2.40. The lowest BCUT2D eigenvalue weighted by Crippen LogP contribution is -2.22. The highest BCUT2D eigenvalue weighted by atomic mass is 32.2. The summed E-state index contributed by atoms with van der Waals surface area (Å²) >= 11 is 0. The number of hydrogen-bond acceptors (Lipinski definition) is 6. The molecule has 32 heavy (non-hydrogen) atoms. The van der Waals surface area contributed by atoms with Gasteiger partial charge >= 0.3 is 5.97 Å². The summed E-state index contributed by atoms with van der Waals surface area (Å²) in [4.78, 5) is 17.6. The lowest BCUT2D eigenvalue weighted by Gasteiger charge is -2.11. The van der Waals surface area contributed by atoms with Crippen molar-refractivity contribution in [1.29, 1.82) is 0 Å². The number of nitrogens with zero attached hydrogens (tertiary/aromatic N) is 3. The Morgan fingerprint density at radius 1 is 1.22 bits per heavy atom. The van der Waals surface area contributed by atoms with Crippen LogP contribution in [0.15, 0.2) is 41.3 Å². The van der Waals surface area contributed by atoms with Gasteiger partial charge < -0.3 is 14.0 Å². The molecule has 1 aromatic heterocycles. The molecule has 1 aliphatic heterocycles. The molecular formula is C23H27N3O5S. The van der Waals surface area contributed by atoms with Crippen molar-refractivity contribution in [2.45, 2.75) is 50.8 Å². The zero-order valence-electron chi connectivity index (χ0n) is 18.8. The molecular weight excluding hydrogens is 430 g/mol. The summed E-state index contributed by atoms with van der Waals surface area (Å²) in [5.74, 6) is 0.855. The van der Waals surface area contributed by atoms with E-state index in [2.05, 4.69) is 11.9 Å². The van der Waals surface area contributed by atoms with Crippen molar-refractivity contribution in [2.75, 3.05) is 14.1 Å². The minimum Gasteiger partial charge on any atom is -0.489 e. The number of imidazole rings is 1. The second-order valence-electron chi connectivity index (χ2n) is 8.12. The van der Waals surface area contributed by atoms with Crippen LogP contribution in [0, 0.1) is 0 Å². The fourth-order valence-corrected chi connectivity index (χ4v) is 4.87. The van der Waals surface area contributed by atoms with Gasteiger partial charge in [-0.3, -0.25) is 0 Å². The molecule has 2 aromatic carbocycles. The molecule has 4 rings (SSSR count). The van der Waals surface area contributed by atoms with Crippen LogP contribution in [0.3, 0.4) is 0 Å². The lowest BCUT2D eigenvalue weighted by molar-refractivity contribution is 0.0453. The van der Waals surface area contributed by atoms with Crippen molar-refractivity contribution < 1.29 is 22.7 Å². The van der Waals surface area contributed by atoms with Crippen molar-refractivity contribution in [2.24, 2.45) is 0 Å². The van der Waals surface area contributed by atoms with Crippen LogP contribution in [0.4, 0.5) is 0 Å². The molecule has 170 valence electrons. The summed E-state index contributed by atoms with van der Waals surface area (Å²) in [6.07, 6.45) is -0.00382. The molecule has 3 aromatic rings. The summed E-state index contributed by atoms with van der Waals surface area (Å²) in [7, 11) is -0.597. The van der Waals surface area contributed by atoms with E-state index in [0.29, 0.717) is 29.2 Å². The van der Waals surface area contributed by atoms with Crippen molar-refractivity contribution in [3.63, 3.8) is 0 Å². The maximum Gasteiger partial charge on any atom is 0.342 e. The van der Waals surface area contributed by atoms with E-state index in [1.807, 2.05) is 30.5 Å². The van der Waals surface area contributed by atoms with E-state index in [0.717, 1.165) is 15.4 Å². The molecule has 0 bridgehead atoms. The van der Waals surface area contributed by atoms with Crippen LogP contribution in [-0.2, 0) is 27.9 Å². The molecule has 0 spiro atoms. The molecule has 0 radical (unpaired) electrons. The predicted octanol–water partition coefficient (Wildman–Crippen LogP) is 3.55. The number of carbonyl (C=O) groups excluding carboxylic acids is 1. The Morgan fingerprint density at radius 3 is 2.66 bits per heavy atom. The highest BCUT2D eigenvalue weighted by Gasteiger charge is 2.31. The number of para-hydroxylation sites is 1. The van der Waals surface area contributed by atoms with Gasteiger partial charge in [0.2, 0.25) is 10.0 Å². The quantitative estimate of drug-likeness (QED) is 0.526. The molecule has 0 amide bonds. The molecule has 0 aliphatic carbocycles. The molecule has 2 atom stereocenters. The van der Waals surface area contributed by atoms with E-state index < -0.39 is 16.0 Å². The monoisotopic (exact) mass is 457 g/mol. The van der Waals surface area contributed by atoms with Gasteiger partial charge in [-0.1, -0.05) is 19.1 Å². The summed E-state index contributed by atoms with van der Waals surface area (Å²) in [5.41, 5.74) is 2.72. The third kappa shape index (κ3) is 3.65. The van der Waals surface area contributed by atoms with Gasteiger partial charge in [-0.05, 0) is 38.1 Å². The summed E-state index contributed by atoms with van der Waals surface area (Å²) in [6.45, 7) is 6.57. The summed E-state index contributed by atoms with van der Waals surface area (Å²) in [6, 6.07) is 10.3. The Bertz CT molecular complexity index is 1300. The number of sulfonamides is 1. The number of ether oxygens (including phenoxy) is 2. The van der Waals surface area contributed by atoms with Crippen LogP contribution in [0.2, 0.25) is 0 Å². The molecule has 1 aliphatic rings. The third-order valence-electron chi connectivity index (χ3n) is 5.99. The van der Waals surface area contributed by atoms with E-state index in [4.69, 9.17) is 9.47 Å². The number of aryl methyl sites for hydroxylation is 1. The number of esters is 1. The largest absolute Gasteiger partial charge is 0.489 e. The number of benzene rings is 2. The summed E-state index contributed by atoms with van der Waals surface area (Å²) in [5, 5.41) is 0. The summed E-state index contributed by atoms with van der Waals surface area (Å²) < 4.78 is 39.5. The number of hydrogen-bond donors (Lipinski definition) is 0. The van der Waals surface area contributed by atoms with Crippen molar-refractivity contribution >= 4 is 27.0 Å². The molecule has 0 N–H and O–H groups in total. The smallest absolute Gasteiger partial charge is 0.342 e. The van der Waals surface area contributed by atoms with Gasteiger partial charge in [-0.15, -0.1) is 0 Å². The average molecular weight is 458 g/mol. The Hall–Kier alpha value is -2.91. The van der Waals surface area contributed by atoms with Gasteiger partial charge in [0.25, 0.3) is 0 Å². The number of carbonyl (C=O) groups is 1. The molecule has 0 saturated heterocycles. The van der Waals surface area contributed by atoms with Crippen LogP contribution in [-0.4, -0.2) is 48.4 Å². The molecule has 0 saturated carbocycles. The Balaban J connectivity index is 1.61.